The fraction of sp³-hybridized carbons (Fsp3) is 0.257. The summed E-state index contributed by atoms with van der Waals surface area (Å²) in [5.41, 5.74) is 3.30. The van der Waals surface area contributed by atoms with Crippen molar-refractivity contribution in [2.75, 3.05) is 24.2 Å². The molecule has 1 saturated heterocycles. The van der Waals surface area contributed by atoms with Crippen LogP contribution in [-0.4, -0.2) is 54.2 Å². The number of rotatable bonds is 12. The maximum Gasteiger partial charge on any atom is 0.405 e. The zero-order valence-electron chi connectivity index (χ0n) is 24.2. The number of ether oxygens (including phenoxy) is 1. The van der Waals surface area contributed by atoms with Gasteiger partial charge in [0, 0.05) is 40.4 Å². The number of carbonyl (C=O) groups is 2. The molecule has 1 aliphatic rings. The van der Waals surface area contributed by atoms with E-state index in [1.165, 1.54) is 0 Å². The average Bonchev–Trinajstić information content (AvgIpc) is 3.04. The van der Waals surface area contributed by atoms with Gasteiger partial charge in [0.15, 0.2) is 0 Å². The number of thioether (sulfide) groups is 1. The Balaban J connectivity index is 1.26. The van der Waals surface area contributed by atoms with Crippen LogP contribution in [0.2, 0.25) is 5.02 Å². The van der Waals surface area contributed by atoms with Gasteiger partial charge in [0.1, 0.15) is 6.04 Å². The standard InChI is InChI=1S/C35H36ClN3O4S/c36-27-15-9-16-30(20-27)44-23-29-22-37-21-28(43-29)19-18-24-10-7-8-17-31(24)38-34(40)33(39-35(41)42)32(25-11-3-1-4-12-25)26-13-5-2-6-14-26/h1-17,20,28-29,32-33,37,39H,18-19,21-23H2,(H,38,40)(H,41,42)/t28-,29+,33+/m1/s1. The minimum absolute atomic E-state index is 0.0273. The highest BCUT2D eigenvalue weighted by molar-refractivity contribution is 7.99. The van der Waals surface area contributed by atoms with Crippen molar-refractivity contribution >= 4 is 41.1 Å². The molecule has 3 atom stereocenters. The maximum absolute atomic E-state index is 13.9. The van der Waals surface area contributed by atoms with E-state index in [0.717, 1.165) is 51.9 Å². The van der Waals surface area contributed by atoms with Crippen molar-refractivity contribution in [2.45, 2.75) is 41.9 Å². The molecule has 0 radical (unpaired) electrons. The molecule has 5 rings (SSSR count). The molecule has 2 amide bonds. The third-order valence-electron chi connectivity index (χ3n) is 7.58. The first-order chi connectivity index (χ1) is 21.5. The summed E-state index contributed by atoms with van der Waals surface area (Å²) in [7, 11) is 0. The van der Waals surface area contributed by atoms with Crippen LogP contribution in [0.5, 0.6) is 0 Å². The lowest BCUT2D eigenvalue weighted by Gasteiger charge is -2.31. The topological polar surface area (TPSA) is 99.7 Å². The normalized spacial score (nSPS) is 17.1. The van der Waals surface area contributed by atoms with Crippen LogP contribution in [0.15, 0.2) is 114 Å². The number of para-hydroxylation sites is 1. The predicted molar refractivity (Wildman–Crippen MR) is 177 cm³/mol. The monoisotopic (exact) mass is 629 g/mol. The highest BCUT2D eigenvalue weighted by Gasteiger charge is 2.33. The molecule has 0 spiro atoms. The molecule has 44 heavy (non-hydrogen) atoms. The molecule has 0 aromatic heterocycles. The molecule has 4 N–H and O–H groups in total. The quantitative estimate of drug-likeness (QED) is 0.128. The van der Waals surface area contributed by atoms with E-state index in [1.54, 1.807) is 11.8 Å². The van der Waals surface area contributed by atoms with Gasteiger partial charge in [0.2, 0.25) is 5.91 Å². The van der Waals surface area contributed by atoms with E-state index in [4.69, 9.17) is 16.3 Å². The summed E-state index contributed by atoms with van der Waals surface area (Å²) in [6, 6.07) is 33.4. The molecule has 0 aliphatic carbocycles. The lowest BCUT2D eigenvalue weighted by Crippen LogP contribution is -2.47. The maximum atomic E-state index is 13.9. The fourth-order valence-electron chi connectivity index (χ4n) is 5.51. The van der Waals surface area contributed by atoms with Crippen molar-refractivity contribution in [1.82, 2.24) is 10.6 Å². The molecule has 7 nitrogen and oxygen atoms in total. The second-order valence-electron chi connectivity index (χ2n) is 10.7. The summed E-state index contributed by atoms with van der Waals surface area (Å²) in [6.45, 7) is 1.55. The number of carboxylic acid groups (broad SMARTS) is 1. The second-order valence-corrected chi connectivity index (χ2v) is 12.2. The number of anilines is 1. The molecular weight excluding hydrogens is 594 g/mol. The number of hydrogen-bond acceptors (Lipinski definition) is 5. The first-order valence-corrected chi connectivity index (χ1v) is 16.1. The van der Waals surface area contributed by atoms with E-state index < -0.39 is 24.0 Å². The SMILES string of the molecule is O=C(O)N[C@H](C(=O)Nc1ccccc1CC[C@@H]1CNC[C@@H](CSc2cccc(Cl)c2)O1)C(c1ccccc1)c1ccccc1. The van der Waals surface area contributed by atoms with Crippen molar-refractivity contribution in [3.63, 3.8) is 0 Å². The van der Waals surface area contributed by atoms with Crippen LogP contribution in [0.1, 0.15) is 29.0 Å². The van der Waals surface area contributed by atoms with Gasteiger partial charge in [-0.2, -0.15) is 0 Å². The third-order valence-corrected chi connectivity index (χ3v) is 8.94. The zero-order chi connectivity index (χ0) is 30.7. The van der Waals surface area contributed by atoms with Crippen molar-refractivity contribution in [3.8, 4) is 0 Å². The molecule has 4 aromatic rings. The van der Waals surface area contributed by atoms with Gasteiger partial charge in [-0.1, -0.05) is 96.5 Å². The number of halogens is 1. The number of benzene rings is 4. The second kappa shape index (κ2) is 15.8. The molecule has 9 heteroatoms. The van der Waals surface area contributed by atoms with Gasteiger partial charge in [0.25, 0.3) is 0 Å². The molecule has 0 saturated carbocycles. The van der Waals surface area contributed by atoms with Crippen LogP contribution in [0.4, 0.5) is 10.5 Å². The van der Waals surface area contributed by atoms with Crippen molar-refractivity contribution in [1.29, 1.82) is 0 Å². The molecule has 0 bridgehead atoms. The number of hydrogen-bond donors (Lipinski definition) is 4. The van der Waals surface area contributed by atoms with Gasteiger partial charge in [-0.15, -0.1) is 11.8 Å². The average molecular weight is 630 g/mol. The van der Waals surface area contributed by atoms with Gasteiger partial charge >= 0.3 is 6.09 Å². The summed E-state index contributed by atoms with van der Waals surface area (Å²) in [4.78, 5) is 26.9. The summed E-state index contributed by atoms with van der Waals surface area (Å²) < 4.78 is 6.41. The van der Waals surface area contributed by atoms with E-state index in [2.05, 4.69) is 16.0 Å². The van der Waals surface area contributed by atoms with E-state index in [-0.39, 0.29) is 12.2 Å². The summed E-state index contributed by atoms with van der Waals surface area (Å²) in [6.07, 6.45) is 0.295. The molecule has 1 heterocycles. The van der Waals surface area contributed by atoms with Crippen molar-refractivity contribution < 1.29 is 19.4 Å². The Hall–Kier alpha value is -3.82. The summed E-state index contributed by atoms with van der Waals surface area (Å²) in [5, 5.41) is 19.5. The molecule has 1 fully saturated rings. The van der Waals surface area contributed by atoms with E-state index in [1.807, 2.05) is 109 Å². The molecule has 4 aromatic carbocycles. The smallest absolute Gasteiger partial charge is 0.405 e. The van der Waals surface area contributed by atoms with Crippen LogP contribution < -0.4 is 16.0 Å². The third kappa shape index (κ3) is 8.86. The number of nitrogens with one attached hydrogen (secondary N) is 3. The first-order valence-electron chi connectivity index (χ1n) is 14.7. The van der Waals surface area contributed by atoms with Crippen LogP contribution >= 0.6 is 23.4 Å². The molecule has 1 aliphatic heterocycles. The van der Waals surface area contributed by atoms with Gasteiger partial charge in [0.05, 0.1) is 12.2 Å². The Morgan fingerprint density at radius 2 is 1.55 bits per heavy atom. The fourth-order valence-corrected chi connectivity index (χ4v) is 6.72. The Morgan fingerprint density at radius 3 is 2.23 bits per heavy atom. The minimum Gasteiger partial charge on any atom is -0.465 e. The number of morpholine rings is 1. The molecule has 0 unspecified atom stereocenters. The minimum atomic E-state index is -1.26. The molecule has 228 valence electrons. The number of aryl methyl sites for hydroxylation is 1. The Morgan fingerprint density at radius 1 is 0.886 bits per heavy atom. The van der Waals surface area contributed by atoms with Gasteiger partial charge < -0.3 is 25.8 Å². The van der Waals surface area contributed by atoms with Crippen LogP contribution in [-0.2, 0) is 16.0 Å². The Bertz CT molecular complexity index is 1490. The van der Waals surface area contributed by atoms with Crippen LogP contribution in [0, 0.1) is 0 Å². The largest absolute Gasteiger partial charge is 0.465 e. The van der Waals surface area contributed by atoms with E-state index in [9.17, 15) is 14.7 Å². The highest BCUT2D eigenvalue weighted by atomic mass is 35.5. The van der Waals surface area contributed by atoms with Crippen molar-refractivity contribution in [2.24, 2.45) is 0 Å². The lowest BCUT2D eigenvalue weighted by atomic mass is 9.84. The van der Waals surface area contributed by atoms with E-state index >= 15 is 0 Å². The van der Waals surface area contributed by atoms with Crippen molar-refractivity contribution in [3.05, 3.63) is 131 Å². The summed E-state index contributed by atoms with van der Waals surface area (Å²) in [5.74, 6) is -0.131. The van der Waals surface area contributed by atoms with Gasteiger partial charge in [-0.05, 0) is 53.8 Å². The first kappa shape index (κ1) is 31.6. The van der Waals surface area contributed by atoms with Crippen LogP contribution in [0.25, 0.3) is 0 Å². The Kier molecular flexibility index (Phi) is 11.3. The van der Waals surface area contributed by atoms with E-state index in [0.29, 0.717) is 12.1 Å². The van der Waals surface area contributed by atoms with Gasteiger partial charge in [-0.25, -0.2) is 4.79 Å². The van der Waals surface area contributed by atoms with Crippen LogP contribution in [0.3, 0.4) is 0 Å². The zero-order valence-corrected chi connectivity index (χ0v) is 25.8. The lowest BCUT2D eigenvalue weighted by molar-refractivity contribution is -0.118. The number of amides is 2. The highest BCUT2D eigenvalue weighted by Crippen LogP contribution is 2.30. The molecular formula is C35H36ClN3O4S. The summed E-state index contributed by atoms with van der Waals surface area (Å²) >= 11 is 7.86. The number of carbonyl (C=O) groups excluding carboxylic acids is 1. The van der Waals surface area contributed by atoms with Gasteiger partial charge in [-0.3, -0.25) is 4.79 Å². The predicted octanol–water partition coefficient (Wildman–Crippen LogP) is 6.83. The Labute approximate surface area is 267 Å².